The van der Waals surface area contributed by atoms with Gasteiger partial charge in [-0.2, -0.15) is 0 Å². The predicted octanol–water partition coefficient (Wildman–Crippen LogP) is 3.08. The number of nitrogens with one attached hydrogen (secondary N) is 1. The molecule has 0 saturated heterocycles. The fourth-order valence-electron chi connectivity index (χ4n) is 2.72. The molecule has 1 aromatic rings. The largest absolute Gasteiger partial charge is 0.495 e. The highest BCUT2D eigenvalue weighted by molar-refractivity contribution is 5.99. The van der Waals surface area contributed by atoms with Crippen molar-refractivity contribution in [2.24, 2.45) is 5.41 Å². The van der Waals surface area contributed by atoms with E-state index in [9.17, 15) is 9.59 Å². The van der Waals surface area contributed by atoms with Crippen LogP contribution in [-0.4, -0.2) is 24.1 Å². The summed E-state index contributed by atoms with van der Waals surface area (Å²) in [7, 11) is 1.48. The molecule has 1 aliphatic carbocycles. The number of rotatable bonds is 5. The molecule has 21 heavy (non-hydrogen) atoms. The van der Waals surface area contributed by atoms with Crippen LogP contribution in [-0.2, 0) is 4.79 Å². The maximum atomic E-state index is 12.5. The van der Waals surface area contributed by atoms with Crippen LogP contribution in [0.2, 0.25) is 0 Å². The van der Waals surface area contributed by atoms with Gasteiger partial charge in [0.15, 0.2) is 0 Å². The van der Waals surface area contributed by atoms with Gasteiger partial charge in [-0.25, -0.2) is 4.79 Å². The Morgan fingerprint density at radius 3 is 2.57 bits per heavy atom. The third-order valence-corrected chi connectivity index (χ3v) is 4.03. The SMILES string of the molecule is C=CC1(C(=O)Nc2cc(C(=O)O)ccc2OC)CCCC1. The number of amides is 1. The molecule has 1 fully saturated rings. The molecule has 2 N–H and O–H groups in total. The molecule has 0 bridgehead atoms. The van der Waals surface area contributed by atoms with Crippen LogP contribution in [0.5, 0.6) is 5.75 Å². The van der Waals surface area contributed by atoms with Crippen molar-refractivity contribution in [3.8, 4) is 5.75 Å². The molecular weight excluding hydrogens is 270 g/mol. The molecule has 0 spiro atoms. The van der Waals surface area contributed by atoms with E-state index in [1.807, 2.05) is 0 Å². The number of ether oxygens (including phenoxy) is 1. The second-order valence-electron chi connectivity index (χ2n) is 5.24. The smallest absolute Gasteiger partial charge is 0.335 e. The number of carbonyl (C=O) groups excluding carboxylic acids is 1. The highest BCUT2D eigenvalue weighted by atomic mass is 16.5. The first kappa shape index (κ1) is 15.1. The Morgan fingerprint density at radius 2 is 2.05 bits per heavy atom. The highest BCUT2D eigenvalue weighted by Gasteiger charge is 2.38. The van der Waals surface area contributed by atoms with E-state index < -0.39 is 11.4 Å². The lowest BCUT2D eigenvalue weighted by Gasteiger charge is -2.24. The van der Waals surface area contributed by atoms with E-state index in [-0.39, 0.29) is 11.5 Å². The molecule has 1 aliphatic rings. The van der Waals surface area contributed by atoms with Gasteiger partial charge in [-0.15, -0.1) is 6.58 Å². The maximum Gasteiger partial charge on any atom is 0.335 e. The van der Waals surface area contributed by atoms with Gasteiger partial charge in [0, 0.05) is 0 Å². The molecule has 5 nitrogen and oxygen atoms in total. The van der Waals surface area contributed by atoms with Crippen molar-refractivity contribution < 1.29 is 19.4 Å². The van der Waals surface area contributed by atoms with Crippen LogP contribution in [0.4, 0.5) is 5.69 Å². The fourth-order valence-corrected chi connectivity index (χ4v) is 2.72. The summed E-state index contributed by atoms with van der Waals surface area (Å²) < 4.78 is 5.18. The van der Waals surface area contributed by atoms with E-state index in [0.717, 1.165) is 25.7 Å². The van der Waals surface area contributed by atoms with Gasteiger partial charge >= 0.3 is 5.97 Å². The summed E-state index contributed by atoms with van der Waals surface area (Å²) in [5.41, 5.74) is -0.0924. The Labute approximate surface area is 123 Å². The Hall–Kier alpha value is -2.30. The van der Waals surface area contributed by atoms with Crippen molar-refractivity contribution >= 4 is 17.6 Å². The minimum atomic E-state index is -1.05. The van der Waals surface area contributed by atoms with Crippen LogP contribution in [0.15, 0.2) is 30.9 Å². The number of hydrogen-bond donors (Lipinski definition) is 2. The third kappa shape index (κ3) is 2.91. The average Bonchev–Trinajstić information content (AvgIpc) is 2.97. The number of aromatic carboxylic acids is 1. The number of benzene rings is 1. The van der Waals surface area contributed by atoms with Crippen LogP contribution in [0.1, 0.15) is 36.0 Å². The summed E-state index contributed by atoms with van der Waals surface area (Å²) in [5.74, 6) is -0.770. The molecule has 2 rings (SSSR count). The molecular formula is C16H19NO4. The number of carbonyl (C=O) groups is 2. The monoisotopic (exact) mass is 289 g/mol. The Kier molecular flexibility index (Phi) is 4.31. The normalized spacial score (nSPS) is 16.2. The van der Waals surface area contributed by atoms with E-state index in [1.54, 1.807) is 6.08 Å². The zero-order chi connectivity index (χ0) is 15.5. The average molecular weight is 289 g/mol. The molecule has 0 unspecified atom stereocenters. The molecule has 0 radical (unpaired) electrons. The van der Waals surface area contributed by atoms with Crippen molar-refractivity contribution in [3.63, 3.8) is 0 Å². The van der Waals surface area contributed by atoms with Gasteiger partial charge in [-0.1, -0.05) is 18.9 Å². The lowest BCUT2D eigenvalue weighted by atomic mass is 9.85. The van der Waals surface area contributed by atoms with Gasteiger partial charge in [0.25, 0.3) is 0 Å². The molecule has 1 aromatic carbocycles. The standard InChI is InChI=1S/C16H19NO4/c1-3-16(8-4-5-9-16)15(20)17-12-10-11(14(18)19)6-7-13(12)21-2/h3,6-7,10H,1,4-5,8-9H2,2H3,(H,17,20)(H,18,19). The molecule has 1 amide bonds. The summed E-state index contributed by atoms with van der Waals surface area (Å²) >= 11 is 0. The van der Waals surface area contributed by atoms with Crippen LogP contribution in [0, 0.1) is 5.41 Å². The maximum absolute atomic E-state index is 12.5. The van der Waals surface area contributed by atoms with Crippen molar-refractivity contribution in [3.05, 3.63) is 36.4 Å². The van der Waals surface area contributed by atoms with Crippen molar-refractivity contribution in [1.29, 1.82) is 0 Å². The second-order valence-corrected chi connectivity index (χ2v) is 5.24. The Bertz CT molecular complexity index is 574. The van der Waals surface area contributed by atoms with Gasteiger partial charge in [0.1, 0.15) is 5.75 Å². The van der Waals surface area contributed by atoms with Crippen LogP contribution in [0.3, 0.4) is 0 Å². The lowest BCUT2D eigenvalue weighted by molar-refractivity contribution is -0.123. The Balaban J connectivity index is 2.29. The Morgan fingerprint density at radius 1 is 1.38 bits per heavy atom. The van der Waals surface area contributed by atoms with Gasteiger partial charge in [-0.3, -0.25) is 4.79 Å². The quantitative estimate of drug-likeness (QED) is 0.817. The molecule has 1 saturated carbocycles. The first-order valence-electron chi connectivity index (χ1n) is 6.89. The molecule has 0 heterocycles. The number of hydrogen-bond acceptors (Lipinski definition) is 3. The van der Waals surface area contributed by atoms with Crippen molar-refractivity contribution in [2.75, 3.05) is 12.4 Å². The summed E-state index contributed by atoms with van der Waals surface area (Å²) in [6.45, 7) is 3.78. The van der Waals surface area contributed by atoms with Crippen molar-refractivity contribution in [2.45, 2.75) is 25.7 Å². The predicted molar refractivity (Wildman–Crippen MR) is 79.7 cm³/mol. The second kappa shape index (κ2) is 5.99. The third-order valence-electron chi connectivity index (χ3n) is 4.03. The minimum absolute atomic E-state index is 0.102. The van der Waals surface area contributed by atoms with E-state index in [1.165, 1.54) is 25.3 Å². The number of methoxy groups -OCH3 is 1. The molecule has 0 atom stereocenters. The molecule has 5 heteroatoms. The number of carboxylic acid groups (broad SMARTS) is 1. The highest BCUT2D eigenvalue weighted by Crippen LogP contribution is 2.40. The summed E-state index contributed by atoms with van der Waals surface area (Å²) in [6.07, 6.45) is 5.22. The van der Waals surface area contributed by atoms with Gasteiger partial charge in [0.05, 0.1) is 23.8 Å². The summed E-state index contributed by atoms with van der Waals surface area (Å²) in [6, 6.07) is 4.38. The topological polar surface area (TPSA) is 75.6 Å². The number of carboxylic acids is 1. The van der Waals surface area contributed by atoms with E-state index in [2.05, 4.69) is 11.9 Å². The van der Waals surface area contributed by atoms with Crippen LogP contribution < -0.4 is 10.1 Å². The van der Waals surface area contributed by atoms with Crippen LogP contribution >= 0.6 is 0 Å². The van der Waals surface area contributed by atoms with Crippen LogP contribution in [0.25, 0.3) is 0 Å². The zero-order valence-electron chi connectivity index (χ0n) is 12.0. The summed E-state index contributed by atoms with van der Waals surface area (Å²) in [5, 5.41) is 11.8. The first-order chi connectivity index (χ1) is 10.0. The minimum Gasteiger partial charge on any atom is -0.495 e. The van der Waals surface area contributed by atoms with Gasteiger partial charge < -0.3 is 15.2 Å². The van der Waals surface area contributed by atoms with Gasteiger partial charge in [0.2, 0.25) is 5.91 Å². The van der Waals surface area contributed by atoms with E-state index >= 15 is 0 Å². The summed E-state index contributed by atoms with van der Waals surface area (Å²) in [4.78, 5) is 23.6. The molecule has 112 valence electrons. The first-order valence-corrected chi connectivity index (χ1v) is 6.89. The molecule has 0 aliphatic heterocycles. The van der Waals surface area contributed by atoms with E-state index in [0.29, 0.717) is 11.4 Å². The van der Waals surface area contributed by atoms with Crippen molar-refractivity contribution in [1.82, 2.24) is 0 Å². The zero-order valence-corrected chi connectivity index (χ0v) is 12.0. The van der Waals surface area contributed by atoms with Gasteiger partial charge in [-0.05, 0) is 31.0 Å². The number of anilines is 1. The fraction of sp³-hybridized carbons (Fsp3) is 0.375. The van der Waals surface area contributed by atoms with E-state index in [4.69, 9.17) is 9.84 Å². The lowest BCUT2D eigenvalue weighted by Crippen LogP contribution is -2.32. The molecule has 0 aromatic heterocycles.